The van der Waals surface area contributed by atoms with Gasteiger partial charge in [-0.3, -0.25) is 0 Å². The lowest BCUT2D eigenvalue weighted by Gasteiger charge is -2.10. The maximum atomic E-state index is 13.6. The van der Waals surface area contributed by atoms with Gasteiger partial charge in [0.2, 0.25) is 0 Å². The van der Waals surface area contributed by atoms with Gasteiger partial charge in [-0.25, -0.2) is 8.78 Å². The second-order valence-corrected chi connectivity index (χ2v) is 6.80. The average Bonchev–Trinajstić information content (AvgIpc) is 3.09. The molecule has 3 rings (SSSR count). The first-order valence-electron chi connectivity index (χ1n) is 6.75. The fourth-order valence-electron chi connectivity index (χ4n) is 3.64. The molecule has 1 aromatic rings. The van der Waals surface area contributed by atoms with Gasteiger partial charge < -0.3 is 0 Å². The summed E-state index contributed by atoms with van der Waals surface area (Å²) < 4.78 is 26.8. The zero-order chi connectivity index (χ0) is 12.7. The van der Waals surface area contributed by atoms with Crippen molar-refractivity contribution in [2.24, 2.45) is 17.8 Å². The third-order valence-electron chi connectivity index (χ3n) is 4.59. The molecule has 0 amide bonds. The Morgan fingerprint density at radius 2 is 1.83 bits per heavy atom. The molecule has 0 heterocycles. The fourth-order valence-corrected chi connectivity index (χ4v) is 4.77. The Labute approximate surface area is 115 Å². The van der Waals surface area contributed by atoms with Gasteiger partial charge in [-0.15, -0.1) is 0 Å². The number of hydrogen-bond acceptors (Lipinski definition) is 0. The molecule has 3 heteroatoms. The topological polar surface area (TPSA) is 0 Å². The summed E-state index contributed by atoms with van der Waals surface area (Å²) in [6.45, 7) is 0. The Morgan fingerprint density at radius 3 is 2.50 bits per heavy atom. The van der Waals surface area contributed by atoms with Crippen molar-refractivity contribution >= 4 is 15.9 Å². The Morgan fingerprint density at radius 1 is 1.17 bits per heavy atom. The highest BCUT2D eigenvalue weighted by molar-refractivity contribution is 9.09. The normalized spacial score (nSPS) is 31.8. The SMILES string of the molecule is Fc1cccc(CC(Br)C2C3CCCCC32)c1F. The van der Waals surface area contributed by atoms with E-state index >= 15 is 0 Å². The molecule has 1 aromatic carbocycles. The number of rotatable bonds is 3. The third-order valence-corrected chi connectivity index (χ3v) is 5.52. The lowest BCUT2D eigenvalue weighted by molar-refractivity contribution is 0.480. The van der Waals surface area contributed by atoms with E-state index in [2.05, 4.69) is 15.9 Å². The fraction of sp³-hybridized carbons (Fsp3) is 0.600. The van der Waals surface area contributed by atoms with Crippen LogP contribution in [0.2, 0.25) is 0 Å². The average molecular weight is 315 g/mol. The van der Waals surface area contributed by atoms with Gasteiger partial charge in [-0.05, 0) is 48.6 Å². The molecule has 2 aliphatic carbocycles. The summed E-state index contributed by atoms with van der Waals surface area (Å²) in [6.07, 6.45) is 5.92. The second kappa shape index (κ2) is 4.92. The van der Waals surface area contributed by atoms with Crippen molar-refractivity contribution in [2.45, 2.75) is 36.9 Å². The van der Waals surface area contributed by atoms with Crippen molar-refractivity contribution in [3.63, 3.8) is 0 Å². The summed E-state index contributed by atoms with van der Waals surface area (Å²) in [7, 11) is 0. The number of halogens is 3. The van der Waals surface area contributed by atoms with E-state index in [1.165, 1.54) is 31.7 Å². The highest BCUT2D eigenvalue weighted by Crippen LogP contribution is 2.58. The number of alkyl halides is 1. The van der Waals surface area contributed by atoms with Crippen LogP contribution in [0.4, 0.5) is 8.78 Å². The zero-order valence-electron chi connectivity index (χ0n) is 10.2. The van der Waals surface area contributed by atoms with Crippen LogP contribution in [-0.2, 0) is 6.42 Å². The van der Waals surface area contributed by atoms with Gasteiger partial charge in [-0.2, -0.15) is 0 Å². The molecule has 98 valence electrons. The van der Waals surface area contributed by atoms with E-state index in [1.54, 1.807) is 12.1 Å². The molecule has 0 bridgehead atoms. The first-order chi connectivity index (χ1) is 8.68. The minimum atomic E-state index is -0.736. The molecule has 18 heavy (non-hydrogen) atoms. The molecule has 2 fully saturated rings. The van der Waals surface area contributed by atoms with E-state index in [0.717, 1.165) is 11.8 Å². The van der Waals surface area contributed by atoms with Crippen LogP contribution < -0.4 is 0 Å². The van der Waals surface area contributed by atoms with Gasteiger partial charge in [0.15, 0.2) is 11.6 Å². The van der Waals surface area contributed by atoms with Crippen LogP contribution in [-0.4, -0.2) is 4.83 Å². The van der Waals surface area contributed by atoms with Crippen LogP contribution in [0.3, 0.4) is 0 Å². The monoisotopic (exact) mass is 314 g/mol. The van der Waals surface area contributed by atoms with Crippen LogP contribution >= 0.6 is 15.9 Å². The quantitative estimate of drug-likeness (QED) is 0.709. The molecular weight excluding hydrogens is 298 g/mol. The van der Waals surface area contributed by atoms with Gasteiger partial charge in [0.25, 0.3) is 0 Å². The van der Waals surface area contributed by atoms with Crippen molar-refractivity contribution in [1.82, 2.24) is 0 Å². The van der Waals surface area contributed by atoms with Gasteiger partial charge in [0, 0.05) is 4.83 Å². The van der Waals surface area contributed by atoms with Gasteiger partial charge in [-0.1, -0.05) is 40.9 Å². The Bertz CT molecular complexity index is 434. The van der Waals surface area contributed by atoms with Gasteiger partial charge in [0.1, 0.15) is 0 Å². The molecule has 0 aromatic heterocycles. The maximum absolute atomic E-state index is 13.6. The molecule has 0 aliphatic heterocycles. The summed E-state index contributed by atoms with van der Waals surface area (Å²) >= 11 is 3.70. The summed E-state index contributed by atoms with van der Waals surface area (Å²) in [6, 6.07) is 4.46. The number of fused-ring (bicyclic) bond motifs is 1. The lowest BCUT2D eigenvalue weighted by Crippen LogP contribution is -2.09. The third kappa shape index (κ3) is 2.22. The Kier molecular flexibility index (Phi) is 3.44. The molecule has 3 unspecified atom stereocenters. The molecule has 2 saturated carbocycles. The van der Waals surface area contributed by atoms with Crippen LogP contribution in [0.25, 0.3) is 0 Å². The molecular formula is C15H17BrF2. The number of hydrogen-bond donors (Lipinski definition) is 0. The lowest BCUT2D eigenvalue weighted by atomic mass is 10.0. The standard InChI is InChI=1S/C15H17BrF2/c16-12(14-10-5-1-2-6-11(10)14)8-9-4-3-7-13(17)15(9)18/h3-4,7,10-12,14H,1-2,5-6,8H2. The van der Waals surface area contributed by atoms with E-state index in [0.29, 0.717) is 22.7 Å². The van der Waals surface area contributed by atoms with Crippen LogP contribution in [0.1, 0.15) is 31.2 Å². The van der Waals surface area contributed by atoms with Crippen molar-refractivity contribution in [3.05, 3.63) is 35.4 Å². The van der Waals surface area contributed by atoms with Crippen LogP contribution in [0.15, 0.2) is 18.2 Å². The minimum Gasteiger partial charge on any atom is -0.204 e. The maximum Gasteiger partial charge on any atom is 0.162 e. The summed E-state index contributed by atoms with van der Waals surface area (Å²) in [5.41, 5.74) is 0.500. The second-order valence-electron chi connectivity index (χ2n) is 5.62. The van der Waals surface area contributed by atoms with Crippen molar-refractivity contribution in [1.29, 1.82) is 0 Å². The van der Waals surface area contributed by atoms with Crippen LogP contribution in [0, 0.1) is 29.4 Å². The smallest absolute Gasteiger partial charge is 0.162 e. The zero-order valence-corrected chi connectivity index (χ0v) is 11.8. The first kappa shape index (κ1) is 12.6. The highest BCUT2D eigenvalue weighted by atomic mass is 79.9. The molecule has 3 atom stereocenters. The largest absolute Gasteiger partial charge is 0.204 e. The summed E-state index contributed by atoms with van der Waals surface area (Å²) in [4.78, 5) is 0.293. The molecule has 0 saturated heterocycles. The minimum absolute atomic E-state index is 0.293. The van der Waals surface area contributed by atoms with Crippen molar-refractivity contribution < 1.29 is 8.78 Å². The van der Waals surface area contributed by atoms with Crippen LogP contribution in [0.5, 0.6) is 0 Å². The summed E-state index contributed by atoms with van der Waals surface area (Å²) in [5.74, 6) is 0.931. The molecule has 0 N–H and O–H groups in total. The predicted molar refractivity (Wildman–Crippen MR) is 71.7 cm³/mol. The number of benzene rings is 1. The predicted octanol–water partition coefficient (Wildman–Crippen LogP) is 4.71. The molecule has 0 spiro atoms. The summed E-state index contributed by atoms with van der Waals surface area (Å²) in [5, 5.41) is 0. The molecule has 2 aliphatic rings. The van der Waals surface area contributed by atoms with E-state index in [4.69, 9.17) is 0 Å². The van der Waals surface area contributed by atoms with Gasteiger partial charge >= 0.3 is 0 Å². The van der Waals surface area contributed by atoms with E-state index < -0.39 is 11.6 Å². The molecule has 0 radical (unpaired) electrons. The first-order valence-corrected chi connectivity index (χ1v) is 7.67. The molecule has 0 nitrogen and oxygen atoms in total. The highest BCUT2D eigenvalue weighted by Gasteiger charge is 2.53. The van der Waals surface area contributed by atoms with E-state index in [9.17, 15) is 8.78 Å². The van der Waals surface area contributed by atoms with E-state index in [1.807, 2.05) is 0 Å². The van der Waals surface area contributed by atoms with E-state index in [-0.39, 0.29) is 0 Å². The van der Waals surface area contributed by atoms with Crippen molar-refractivity contribution in [3.8, 4) is 0 Å². The Balaban J connectivity index is 1.68. The Hall–Kier alpha value is -0.440. The van der Waals surface area contributed by atoms with Gasteiger partial charge in [0.05, 0.1) is 0 Å². The van der Waals surface area contributed by atoms with Crippen molar-refractivity contribution in [2.75, 3.05) is 0 Å².